The van der Waals surface area contributed by atoms with Crippen molar-refractivity contribution >= 4 is 18.5 Å². The van der Waals surface area contributed by atoms with Gasteiger partial charge in [0.25, 0.3) is 0 Å². The molecule has 1 N–H and O–H groups in total. The first-order chi connectivity index (χ1) is 8.78. The molecule has 0 aromatic heterocycles. The largest absolute Gasteiger partial charge is 0.465 e. The normalized spacial score (nSPS) is 10.5. The standard InChI is InChI=1S/C12H22N2O5/c1-5-18-10(16)8-14(9-15)7-6-13-11(17)19-12(2,3)4/h9H,5-8H2,1-4H3,(H,13,17). The van der Waals surface area contributed by atoms with Crippen LogP contribution in [0.15, 0.2) is 0 Å². The molecule has 0 aromatic carbocycles. The van der Waals surface area contributed by atoms with E-state index in [1.165, 1.54) is 4.90 Å². The lowest BCUT2D eigenvalue weighted by molar-refractivity contribution is -0.146. The van der Waals surface area contributed by atoms with E-state index >= 15 is 0 Å². The van der Waals surface area contributed by atoms with Gasteiger partial charge in [0, 0.05) is 13.1 Å². The van der Waals surface area contributed by atoms with Crippen LogP contribution in [0.1, 0.15) is 27.7 Å². The summed E-state index contributed by atoms with van der Waals surface area (Å²) in [6, 6.07) is 0. The molecule has 0 atom stereocenters. The number of rotatable bonds is 7. The third-order valence-corrected chi connectivity index (χ3v) is 1.85. The van der Waals surface area contributed by atoms with E-state index in [0.29, 0.717) is 6.41 Å². The summed E-state index contributed by atoms with van der Waals surface area (Å²) in [7, 11) is 0. The van der Waals surface area contributed by atoms with E-state index in [0.717, 1.165) is 0 Å². The van der Waals surface area contributed by atoms with Gasteiger partial charge in [-0.25, -0.2) is 4.79 Å². The van der Waals surface area contributed by atoms with Gasteiger partial charge in [-0.2, -0.15) is 0 Å². The van der Waals surface area contributed by atoms with Crippen LogP contribution in [0.2, 0.25) is 0 Å². The molecule has 7 heteroatoms. The number of nitrogens with zero attached hydrogens (tertiary/aromatic N) is 1. The van der Waals surface area contributed by atoms with Crippen LogP contribution >= 0.6 is 0 Å². The van der Waals surface area contributed by atoms with Gasteiger partial charge in [0.05, 0.1) is 6.61 Å². The summed E-state index contributed by atoms with van der Waals surface area (Å²) in [6.45, 7) is 7.50. The lowest BCUT2D eigenvalue weighted by atomic mass is 10.2. The summed E-state index contributed by atoms with van der Waals surface area (Å²) in [6.07, 6.45) is -0.0253. The molecule has 0 fully saturated rings. The number of hydrogen-bond donors (Lipinski definition) is 1. The van der Waals surface area contributed by atoms with E-state index in [9.17, 15) is 14.4 Å². The second-order valence-electron chi connectivity index (χ2n) is 4.81. The maximum Gasteiger partial charge on any atom is 0.407 e. The fourth-order valence-corrected chi connectivity index (χ4v) is 1.16. The summed E-state index contributed by atoms with van der Waals surface area (Å²) < 4.78 is 9.74. The maximum absolute atomic E-state index is 11.3. The van der Waals surface area contributed by atoms with Crippen LogP contribution in [0.25, 0.3) is 0 Å². The van der Waals surface area contributed by atoms with Crippen LogP contribution < -0.4 is 5.32 Å². The molecule has 0 aliphatic heterocycles. The molecule has 0 spiro atoms. The zero-order chi connectivity index (χ0) is 14.9. The van der Waals surface area contributed by atoms with Crippen molar-refractivity contribution in [1.82, 2.24) is 10.2 Å². The first kappa shape index (κ1) is 17.2. The van der Waals surface area contributed by atoms with Crippen LogP contribution in [0.4, 0.5) is 4.79 Å². The third kappa shape index (κ3) is 9.87. The molecular weight excluding hydrogens is 252 g/mol. The zero-order valence-electron chi connectivity index (χ0n) is 11.9. The Morgan fingerprint density at radius 1 is 1.32 bits per heavy atom. The highest BCUT2D eigenvalue weighted by atomic mass is 16.6. The Morgan fingerprint density at radius 3 is 2.42 bits per heavy atom. The van der Waals surface area contributed by atoms with Crippen molar-refractivity contribution in [2.45, 2.75) is 33.3 Å². The monoisotopic (exact) mass is 274 g/mol. The summed E-state index contributed by atoms with van der Waals surface area (Å²) in [5.41, 5.74) is -0.570. The zero-order valence-corrected chi connectivity index (χ0v) is 11.9. The van der Waals surface area contributed by atoms with E-state index in [1.807, 2.05) is 0 Å². The Labute approximate surface area is 113 Å². The third-order valence-electron chi connectivity index (χ3n) is 1.85. The Kier molecular flexibility index (Phi) is 7.55. The minimum atomic E-state index is -0.570. The highest BCUT2D eigenvalue weighted by Gasteiger charge is 2.16. The van der Waals surface area contributed by atoms with Gasteiger partial charge in [-0.15, -0.1) is 0 Å². The van der Waals surface area contributed by atoms with E-state index in [-0.39, 0.29) is 26.2 Å². The predicted molar refractivity (Wildman–Crippen MR) is 68.5 cm³/mol. The molecule has 2 amide bonds. The number of nitrogens with one attached hydrogen (secondary N) is 1. The molecule has 0 rings (SSSR count). The fourth-order valence-electron chi connectivity index (χ4n) is 1.16. The quantitative estimate of drug-likeness (QED) is 0.541. The van der Waals surface area contributed by atoms with Crippen LogP contribution in [-0.4, -0.2) is 55.2 Å². The smallest absolute Gasteiger partial charge is 0.407 e. The predicted octanol–water partition coefficient (Wildman–Crippen LogP) is 0.533. The SMILES string of the molecule is CCOC(=O)CN(C=O)CCNC(=O)OC(C)(C)C. The Morgan fingerprint density at radius 2 is 1.95 bits per heavy atom. The van der Waals surface area contributed by atoms with Crippen molar-refractivity contribution in [3.05, 3.63) is 0 Å². The van der Waals surface area contributed by atoms with E-state index in [4.69, 9.17) is 9.47 Å². The van der Waals surface area contributed by atoms with Crippen molar-refractivity contribution in [3.63, 3.8) is 0 Å². The highest BCUT2D eigenvalue weighted by molar-refractivity contribution is 5.74. The minimum Gasteiger partial charge on any atom is -0.465 e. The summed E-state index contributed by atoms with van der Waals surface area (Å²) in [5, 5.41) is 2.50. The number of esters is 1. The molecule has 19 heavy (non-hydrogen) atoms. The molecular formula is C12H22N2O5. The second kappa shape index (κ2) is 8.34. The molecule has 0 radical (unpaired) electrons. The van der Waals surface area contributed by atoms with Gasteiger partial charge in [0.1, 0.15) is 12.1 Å². The Balaban J connectivity index is 3.93. The van der Waals surface area contributed by atoms with Crippen molar-refractivity contribution in [2.24, 2.45) is 0 Å². The van der Waals surface area contributed by atoms with Crippen molar-refractivity contribution in [3.8, 4) is 0 Å². The first-order valence-corrected chi connectivity index (χ1v) is 6.10. The molecule has 0 saturated heterocycles. The van der Waals surface area contributed by atoms with Crippen LogP contribution in [0, 0.1) is 0 Å². The van der Waals surface area contributed by atoms with Gasteiger partial charge in [-0.05, 0) is 27.7 Å². The highest BCUT2D eigenvalue weighted by Crippen LogP contribution is 2.06. The molecule has 0 aliphatic rings. The average molecular weight is 274 g/mol. The Bertz CT molecular complexity index is 312. The molecule has 110 valence electrons. The topological polar surface area (TPSA) is 84.9 Å². The molecule has 0 aromatic rings. The lowest BCUT2D eigenvalue weighted by Gasteiger charge is -2.21. The van der Waals surface area contributed by atoms with Crippen molar-refractivity contribution in [1.29, 1.82) is 0 Å². The van der Waals surface area contributed by atoms with Gasteiger partial charge in [-0.1, -0.05) is 0 Å². The van der Waals surface area contributed by atoms with Gasteiger partial charge in [-0.3, -0.25) is 9.59 Å². The maximum atomic E-state index is 11.3. The van der Waals surface area contributed by atoms with Crippen LogP contribution in [-0.2, 0) is 19.1 Å². The lowest BCUT2D eigenvalue weighted by Crippen LogP contribution is -2.39. The summed E-state index contributed by atoms with van der Waals surface area (Å²) in [4.78, 5) is 34.4. The summed E-state index contributed by atoms with van der Waals surface area (Å²) in [5.74, 6) is -0.480. The van der Waals surface area contributed by atoms with Gasteiger partial charge >= 0.3 is 12.1 Å². The van der Waals surface area contributed by atoms with Crippen LogP contribution in [0.3, 0.4) is 0 Å². The number of amides is 2. The minimum absolute atomic E-state index is 0.132. The van der Waals surface area contributed by atoms with Crippen LogP contribution in [0.5, 0.6) is 0 Å². The molecule has 0 bridgehead atoms. The number of ether oxygens (including phenoxy) is 2. The summed E-state index contributed by atoms with van der Waals surface area (Å²) >= 11 is 0. The van der Waals surface area contributed by atoms with Gasteiger partial charge in [0.2, 0.25) is 6.41 Å². The first-order valence-electron chi connectivity index (χ1n) is 6.10. The number of hydrogen-bond acceptors (Lipinski definition) is 5. The molecule has 0 aliphatic carbocycles. The Hall–Kier alpha value is -1.79. The van der Waals surface area contributed by atoms with Crippen molar-refractivity contribution in [2.75, 3.05) is 26.2 Å². The number of alkyl carbamates (subject to hydrolysis) is 1. The average Bonchev–Trinajstić information content (AvgIpc) is 2.25. The van der Waals surface area contributed by atoms with E-state index in [1.54, 1.807) is 27.7 Å². The van der Waals surface area contributed by atoms with Gasteiger partial charge in [0.15, 0.2) is 0 Å². The molecule has 7 nitrogen and oxygen atoms in total. The molecule has 0 heterocycles. The van der Waals surface area contributed by atoms with Crippen molar-refractivity contribution < 1.29 is 23.9 Å². The second-order valence-corrected chi connectivity index (χ2v) is 4.81. The van der Waals surface area contributed by atoms with Gasteiger partial charge < -0.3 is 19.7 Å². The number of carbonyl (C=O) groups is 3. The molecule has 0 unspecified atom stereocenters. The van der Waals surface area contributed by atoms with E-state index in [2.05, 4.69) is 5.32 Å². The number of carbonyl (C=O) groups excluding carboxylic acids is 3. The van der Waals surface area contributed by atoms with E-state index < -0.39 is 17.7 Å². The fraction of sp³-hybridized carbons (Fsp3) is 0.750. The molecule has 0 saturated carbocycles.